The molecule has 2 N–H and O–H groups in total. The quantitative estimate of drug-likeness (QED) is 0.672. The van der Waals surface area contributed by atoms with Crippen molar-refractivity contribution in [3.63, 3.8) is 0 Å². The summed E-state index contributed by atoms with van der Waals surface area (Å²) in [4.78, 5) is 14.8. The summed E-state index contributed by atoms with van der Waals surface area (Å²) in [5, 5.41) is 11.2. The molecule has 2 rings (SSSR count). The molecule has 19 heavy (non-hydrogen) atoms. The van der Waals surface area contributed by atoms with Crippen molar-refractivity contribution in [2.24, 2.45) is 5.73 Å². The number of aromatic nitrogens is 1. The summed E-state index contributed by atoms with van der Waals surface area (Å²) in [6.07, 6.45) is 0.722. The second-order valence-electron chi connectivity index (χ2n) is 4.66. The fourth-order valence-electron chi connectivity index (χ4n) is 1.54. The standard InChI is InChI=1S/C12H15N3O3S/c1-3-12(2,13)6-18-8-4-5-9-10(14-7-19-9)11(8)15(16)17/h4-5,7H,3,6,13H2,1-2H3. The number of thiazole rings is 1. The van der Waals surface area contributed by atoms with Crippen molar-refractivity contribution in [2.45, 2.75) is 25.8 Å². The molecule has 0 bridgehead atoms. The summed E-state index contributed by atoms with van der Waals surface area (Å²) in [7, 11) is 0. The number of nitro groups is 1. The average molecular weight is 281 g/mol. The molecule has 102 valence electrons. The minimum Gasteiger partial charge on any atom is -0.485 e. The van der Waals surface area contributed by atoms with Crippen LogP contribution in [0.15, 0.2) is 17.6 Å². The van der Waals surface area contributed by atoms with Crippen LogP contribution < -0.4 is 10.5 Å². The van der Waals surface area contributed by atoms with Gasteiger partial charge in [0.2, 0.25) is 0 Å². The third kappa shape index (κ3) is 2.82. The van der Waals surface area contributed by atoms with Gasteiger partial charge in [0.1, 0.15) is 6.61 Å². The molecule has 1 aromatic carbocycles. The Labute approximate surface area is 114 Å². The molecule has 0 saturated carbocycles. The van der Waals surface area contributed by atoms with Gasteiger partial charge in [-0.05, 0) is 25.5 Å². The average Bonchev–Trinajstić information content (AvgIpc) is 2.83. The Morgan fingerprint density at radius 2 is 2.32 bits per heavy atom. The lowest BCUT2D eigenvalue weighted by molar-refractivity contribution is -0.384. The van der Waals surface area contributed by atoms with Crippen LogP contribution in [-0.2, 0) is 0 Å². The van der Waals surface area contributed by atoms with Gasteiger partial charge in [-0.2, -0.15) is 0 Å². The first-order chi connectivity index (χ1) is 8.94. The Morgan fingerprint density at radius 3 is 2.95 bits per heavy atom. The molecule has 1 atom stereocenters. The maximum atomic E-state index is 11.2. The normalized spacial score (nSPS) is 14.3. The molecule has 7 heteroatoms. The number of nitrogens with zero attached hydrogens (tertiary/aromatic N) is 2. The molecule has 6 nitrogen and oxygen atoms in total. The molecule has 2 aromatic rings. The number of fused-ring (bicyclic) bond motifs is 1. The Bertz CT molecular complexity index is 609. The number of nitrogens with two attached hydrogens (primary N) is 1. The van der Waals surface area contributed by atoms with Crippen LogP contribution in [0.5, 0.6) is 5.75 Å². The highest BCUT2D eigenvalue weighted by atomic mass is 32.1. The van der Waals surface area contributed by atoms with Gasteiger partial charge in [-0.25, -0.2) is 4.98 Å². The van der Waals surface area contributed by atoms with Crippen molar-refractivity contribution in [1.82, 2.24) is 4.98 Å². The maximum Gasteiger partial charge on any atom is 0.337 e. The highest BCUT2D eigenvalue weighted by molar-refractivity contribution is 7.16. The molecule has 0 aliphatic heterocycles. The molecule has 1 heterocycles. The lowest BCUT2D eigenvalue weighted by atomic mass is 10.0. The summed E-state index contributed by atoms with van der Waals surface area (Å²) in [6.45, 7) is 4.02. The Hall–Kier alpha value is -1.73. The van der Waals surface area contributed by atoms with E-state index in [-0.39, 0.29) is 18.0 Å². The summed E-state index contributed by atoms with van der Waals surface area (Å²) < 4.78 is 6.30. The van der Waals surface area contributed by atoms with Crippen molar-refractivity contribution in [1.29, 1.82) is 0 Å². The predicted octanol–water partition coefficient (Wildman–Crippen LogP) is 2.71. The SMILES string of the molecule is CCC(C)(N)COc1ccc2scnc2c1[N+](=O)[O-]. The van der Waals surface area contributed by atoms with Crippen molar-refractivity contribution < 1.29 is 9.66 Å². The number of hydrogen-bond donors (Lipinski definition) is 1. The van der Waals surface area contributed by atoms with E-state index in [1.54, 1.807) is 17.6 Å². The summed E-state index contributed by atoms with van der Waals surface area (Å²) >= 11 is 1.36. The van der Waals surface area contributed by atoms with Crippen LogP contribution in [0.3, 0.4) is 0 Å². The van der Waals surface area contributed by atoms with Crippen molar-refractivity contribution in [3.8, 4) is 5.75 Å². The molecular formula is C12H15N3O3S. The van der Waals surface area contributed by atoms with E-state index in [1.807, 2.05) is 13.8 Å². The van der Waals surface area contributed by atoms with E-state index >= 15 is 0 Å². The zero-order valence-corrected chi connectivity index (χ0v) is 11.6. The lowest BCUT2D eigenvalue weighted by Crippen LogP contribution is -2.41. The summed E-state index contributed by atoms with van der Waals surface area (Å²) in [6, 6.07) is 3.37. The van der Waals surface area contributed by atoms with Gasteiger partial charge < -0.3 is 10.5 Å². The van der Waals surface area contributed by atoms with Gasteiger partial charge in [-0.15, -0.1) is 11.3 Å². The lowest BCUT2D eigenvalue weighted by Gasteiger charge is -2.22. The van der Waals surface area contributed by atoms with E-state index in [1.165, 1.54) is 11.3 Å². The van der Waals surface area contributed by atoms with Crippen molar-refractivity contribution in [2.75, 3.05) is 6.61 Å². The monoisotopic (exact) mass is 281 g/mol. The molecule has 0 saturated heterocycles. The molecule has 0 radical (unpaired) electrons. The largest absolute Gasteiger partial charge is 0.485 e. The molecular weight excluding hydrogens is 266 g/mol. The topological polar surface area (TPSA) is 91.3 Å². The van der Waals surface area contributed by atoms with Crippen molar-refractivity contribution >= 4 is 27.2 Å². The number of rotatable bonds is 5. The van der Waals surface area contributed by atoms with Gasteiger partial charge >= 0.3 is 5.69 Å². The minimum atomic E-state index is -0.509. The number of nitro benzene ring substituents is 1. The van der Waals surface area contributed by atoms with Crippen LogP contribution in [0, 0.1) is 10.1 Å². The third-order valence-electron chi connectivity index (χ3n) is 2.99. The van der Waals surface area contributed by atoms with Gasteiger partial charge in [0, 0.05) is 5.54 Å². The first-order valence-corrected chi connectivity index (χ1v) is 6.75. The van der Waals surface area contributed by atoms with Gasteiger partial charge in [-0.3, -0.25) is 10.1 Å². The van der Waals surface area contributed by atoms with Crippen LogP contribution in [0.1, 0.15) is 20.3 Å². The number of ether oxygens (including phenoxy) is 1. The van der Waals surface area contributed by atoms with E-state index in [0.717, 1.165) is 11.1 Å². The van der Waals surface area contributed by atoms with Crippen LogP contribution >= 0.6 is 11.3 Å². The van der Waals surface area contributed by atoms with Gasteiger partial charge in [0.15, 0.2) is 11.3 Å². The minimum absolute atomic E-state index is 0.0920. The second-order valence-corrected chi connectivity index (χ2v) is 5.55. The van der Waals surface area contributed by atoms with E-state index in [2.05, 4.69) is 4.98 Å². The van der Waals surface area contributed by atoms with Gasteiger partial charge in [-0.1, -0.05) is 6.92 Å². The Morgan fingerprint density at radius 1 is 1.58 bits per heavy atom. The first-order valence-electron chi connectivity index (χ1n) is 5.87. The Balaban J connectivity index is 2.37. The third-order valence-corrected chi connectivity index (χ3v) is 3.78. The number of hydrogen-bond acceptors (Lipinski definition) is 6. The highest BCUT2D eigenvalue weighted by Crippen LogP contribution is 2.36. The number of benzene rings is 1. The second kappa shape index (κ2) is 5.10. The van der Waals surface area contributed by atoms with E-state index < -0.39 is 10.5 Å². The zero-order valence-electron chi connectivity index (χ0n) is 10.8. The van der Waals surface area contributed by atoms with Crippen molar-refractivity contribution in [3.05, 3.63) is 27.8 Å². The van der Waals surface area contributed by atoms with Crippen LogP contribution in [0.25, 0.3) is 10.2 Å². The van der Waals surface area contributed by atoms with E-state index in [0.29, 0.717) is 5.52 Å². The summed E-state index contributed by atoms with van der Waals surface area (Å²) in [5.41, 5.74) is 7.32. The van der Waals surface area contributed by atoms with E-state index in [9.17, 15) is 10.1 Å². The predicted molar refractivity (Wildman–Crippen MR) is 74.7 cm³/mol. The smallest absolute Gasteiger partial charge is 0.337 e. The van der Waals surface area contributed by atoms with Crippen LogP contribution in [0.4, 0.5) is 5.69 Å². The molecule has 0 spiro atoms. The Kier molecular flexibility index (Phi) is 3.68. The molecule has 1 unspecified atom stereocenters. The van der Waals surface area contributed by atoms with Crippen LogP contribution in [-0.4, -0.2) is 22.1 Å². The first kappa shape index (κ1) is 13.7. The molecule has 1 aromatic heterocycles. The van der Waals surface area contributed by atoms with E-state index in [4.69, 9.17) is 10.5 Å². The molecule has 0 amide bonds. The van der Waals surface area contributed by atoms with Gasteiger partial charge in [0.05, 0.1) is 15.1 Å². The molecule has 0 fully saturated rings. The molecule has 0 aliphatic carbocycles. The molecule has 0 aliphatic rings. The maximum absolute atomic E-state index is 11.2. The fraction of sp³-hybridized carbons (Fsp3) is 0.417. The van der Waals surface area contributed by atoms with Crippen LogP contribution in [0.2, 0.25) is 0 Å². The summed E-state index contributed by atoms with van der Waals surface area (Å²) in [5.74, 6) is 0.216. The zero-order chi connectivity index (χ0) is 14.0. The highest BCUT2D eigenvalue weighted by Gasteiger charge is 2.24. The fourth-order valence-corrected chi connectivity index (χ4v) is 2.22. The van der Waals surface area contributed by atoms with Gasteiger partial charge in [0.25, 0.3) is 0 Å².